The Kier molecular flexibility index (Phi) is 1.77. The first-order chi connectivity index (χ1) is 7.68. The predicted octanol–water partition coefficient (Wildman–Crippen LogP) is 1.90. The second-order valence-electron chi connectivity index (χ2n) is 4.07. The molecule has 0 bridgehead atoms. The van der Waals surface area contributed by atoms with Crippen molar-refractivity contribution in [3.8, 4) is 11.3 Å². The zero-order valence-corrected chi connectivity index (χ0v) is 9.52. The second-order valence-corrected chi connectivity index (χ2v) is 4.07. The van der Waals surface area contributed by atoms with Crippen LogP contribution < -0.4 is 5.32 Å². The van der Waals surface area contributed by atoms with Crippen molar-refractivity contribution < 1.29 is 0 Å². The van der Waals surface area contributed by atoms with Crippen molar-refractivity contribution in [2.75, 3.05) is 5.32 Å². The van der Waals surface area contributed by atoms with E-state index in [0.29, 0.717) is 0 Å². The molecular weight excluding hydrogens is 202 g/mol. The van der Waals surface area contributed by atoms with Crippen molar-refractivity contribution in [3.63, 3.8) is 0 Å². The number of rotatable bonds is 0. The number of imidazole rings is 1. The van der Waals surface area contributed by atoms with E-state index in [1.807, 2.05) is 20.0 Å². The van der Waals surface area contributed by atoms with E-state index in [2.05, 4.69) is 31.8 Å². The minimum Gasteiger partial charge on any atom is -0.349 e. The van der Waals surface area contributed by atoms with Gasteiger partial charge in [0.15, 0.2) is 0 Å². The minimum absolute atomic E-state index is 0.179. The highest BCUT2D eigenvalue weighted by Crippen LogP contribution is 2.36. The van der Waals surface area contributed by atoms with Crippen molar-refractivity contribution in [1.82, 2.24) is 19.5 Å². The van der Waals surface area contributed by atoms with E-state index in [-0.39, 0.29) is 6.17 Å². The van der Waals surface area contributed by atoms with Gasteiger partial charge in [0.25, 0.3) is 0 Å². The Hall–Kier alpha value is -1.91. The third kappa shape index (κ3) is 1.08. The molecule has 0 spiro atoms. The molecule has 0 aromatic carbocycles. The smallest absolute Gasteiger partial charge is 0.140 e. The summed E-state index contributed by atoms with van der Waals surface area (Å²) in [5.74, 6) is 1.90. The zero-order chi connectivity index (χ0) is 11.3. The lowest BCUT2D eigenvalue weighted by Crippen LogP contribution is -2.22. The molecule has 16 heavy (non-hydrogen) atoms. The molecule has 1 unspecified atom stereocenters. The van der Waals surface area contributed by atoms with Crippen molar-refractivity contribution >= 4 is 5.82 Å². The Labute approximate surface area is 93.6 Å². The van der Waals surface area contributed by atoms with Gasteiger partial charge in [0.2, 0.25) is 0 Å². The van der Waals surface area contributed by atoms with Crippen LogP contribution in [0.15, 0.2) is 12.5 Å². The summed E-state index contributed by atoms with van der Waals surface area (Å²) in [6.45, 7) is 6.14. The summed E-state index contributed by atoms with van der Waals surface area (Å²) >= 11 is 0. The van der Waals surface area contributed by atoms with Gasteiger partial charge in [-0.1, -0.05) is 0 Å². The third-order valence-electron chi connectivity index (χ3n) is 2.96. The maximum atomic E-state index is 4.51. The molecule has 1 aliphatic rings. The highest BCUT2D eigenvalue weighted by Gasteiger charge is 2.25. The first kappa shape index (κ1) is 9.33. The summed E-state index contributed by atoms with van der Waals surface area (Å²) in [6.07, 6.45) is 3.58. The standard InChI is InChI=1S/C11H13N5/c1-6-10-9-4-12-5-13-11(9)15-8(3)16(10)7(2)14-6/h4-5,8H,1-3H3,(H,12,13,15). The molecule has 0 saturated carbocycles. The fourth-order valence-electron chi connectivity index (χ4n) is 2.36. The number of hydrogen-bond acceptors (Lipinski definition) is 4. The van der Waals surface area contributed by atoms with Crippen molar-refractivity contribution in [2.24, 2.45) is 0 Å². The molecule has 82 valence electrons. The van der Waals surface area contributed by atoms with E-state index < -0.39 is 0 Å². The van der Waals surface area contributed by atoms with Crippen LogP contribution in [-0.4, -0.2) is 19.5 Å². The Bertz CT molecular complexity index is 557. The molecule has 2 aromatic heterocycles. The Balaban J connectivity index is 2.35. The molecule has 0 aliphatic carbocycles. The van der Waals surface area contributed by atoms with E-state index in [1.54, 1.807) is 6.33 Å². The fourth-order valence-corrected chi connectivity index (χ4v) is 2.36. The van der Waals surface area contributed by atoms with Crippen molar-refractivity contribution in [3.05, 3.63) is 24.0 Å². The van der Waals surface area contributed by atoms with Gasteiger partial charge in [-0.3, -0.25) is 0 Å². The van der Waals surface area contributed by atoms with Crippen LogP contribution in [0.25, 0.3) is 11.3 Å². The van der Waals surface area contributed by atoms with E-state index >= 15 is 0 Å². The number of anilines is 1. The quantitative estimate of drug-likeness (QED) is 0.729. The van der Waals surface area contributed by atoms with E-state index in [0.717, 1.165) is 28.6 Å². The van der Waals surface area contributed by atoms with Gasteiger partial charge in [-0.2, -0.15) is 0 Å². The molecule has 1 N–H and O–H groups in total. The summed E-state index contributed by atoms with van der Waals surface area (Å²) < 4.78 is 2.18. The van der Waals surface area contributed by atoms with Gasteiger partial charge in [0.1, 0.15) is 24.1 Å². The summed E-state index contributed by atoms with van der Waals surface area (Å²) in [5.41, 5.74) is 3.18. The van der Waals surface area contributed by atoms with Crippen LogP contribution in [0, 0.1) is 13.8 Å². The van der Waals surface area contributed by atoms with E-state index in [1.165, 1.54) is 0 Å². The number of aromatic nitrogens is 4. The lowest BCUT2D eigenvalue weighted by atomic mass is 10.1. The maximum Gasteiger partial charge on any atom is 0.140 e. The Morgan fingerprint density at radius 2 is 2.19 bits per heavy atom. The molecular formula is C11H13N5. The summed E-state index contributed by atoms with van der Waals surface area (Å²) in [4.78, 5) is 12.8. The molecule has 1 aliphatic heterocycles. The fraction of sp³-hybridized carbons (Fsp3) is 0.364. The van der Waals surface area contributed by atoms with Gasteiger partial charge in [-0.05, 0) is 20.8 Å². The van der Waals surface area contributed by atoms with E-state index in [9.17, 15) is 0 Å². The van der Waals surface area contributed by atoms with Crippen LogP contribution in [0.1, 0.15) is 24.6 Å². The molecule has 3 heterocycles. The lowest BCUT2D eigenvalue weighted by Gasteiger charge is -2.26. The molecule has 1 atom stereocenters. The van der Waals surface area contributed by atoms with Crippen molar-refractivity contribution in [1.29, 1.82) is 0 Å². The highest BCUT2D eigenvalue weighted by atomic mass is 15.3. The molecule has 5 nitrogen and oxygen atoms in total. The van der Waals surface area contributed by atoms with Crippen LogP contribution in [-0.2, 0) is 0 Å². The number of nitrogens with one attached hydrogen (secondary N) is 1. The van der Waals surface area contributed by atoms with Gasteiger partial charge < -0.3 is 9.88 Å². The van der Waals surface area contributed by atoms with Gasteiger partial charge in [0, 0.05) is 6.20 Å². The normalized spacial score (nSPS) is 17.6. The number of aryl methyl sites for hydroxylation is 2. The van der Waals surface area contributed by atoms with Gasteiger partial charge in [-0.15, -0.1) is 0 Å². The number of nitrogens with zero attached hydrogens (tertiary/aromatic N) is 4. The number of hydrogen-bond donors (Lipinski definition) is 1. The first-order valence-corrected chi connectivity index (χ1v) is 5.31. The van der Waals surface area contributed by atoms with Gasteiger partial charge in [-0.25, -0.2) is 15.0 Å². The average Bonchev–Trinajstić information content (AvgIpc) is 2.55. The van der Waals surface area contributed by atoms with Gasteiger partial charge >= 0.3 is 0 Å². The minimum atomic E-state index is 0.179. The monoisotopic (exact) mass is 215 g/mol. The maximum absolute atomic E-state index is 4.51. The van der Waals surface area contributed by atoms with Gasteiger partial charge in [0.05, 0.1) is 17.0 Å². The SMILES string of the molecule is Cc1nc(C)n2c1-c1cncnc1NC2C. The van der Waals surface area contributed by atoms with Crippen LogP contribution in [0.2, 0.25) is 0 Å². The predicted molar refractivity (Wildman–Crippen MR) is 61.1 cm³/mol. The number of fused-ring (bicyclic) bond motifs is 3. The van der Waals surface area contributed by atoms with E-state index in [4.69, 9.17) is 0 Å². The third-order valence-corrected chi connectivity index (χ3v) is 2.96. The van der Waals surface area contributed by atoms with Crippen LogP contribution >= 0.6 is 0 Å². The van der Waals surface area contributed by atoms with Crippen molar-refractivity contribution in [2.45, 2.75) is 26.9 Å². The summed E-state index contributed by atoms with van der Waals surface area (Å²) in [7, 11) is 0. The largest absolute Gasteiger partial charge is 0.349 e. The zero-order valence-electron chi connectivity index (χ0n) is 9.52. The molecule has 5 heteroatoms. The molecule has 3 rings (SSSR count). The average molecular weight is 215 g/mol. The van der Waals surface area contributed by atoms with Crippen LogP contribution in [0.5, 0.6) is 0 Å². The lowest BCUT2D eigenvalue weighted by molar-refractivity contribution is 0.590. The Morgan fingerprint density at radius 1 is 1.38 bits per heavy atom. The highest BCUT2D eigenvalue weighted by molar-refractivity contribution is 5.76. The summed E-state index contributed by atoms with van der Waals surface area (Å²) in [5, 5.41) is 3.34. The first-order valence-electron chi connectivity index (χ1n) is 5.31. The molecule has 0 saturated heterocycles. The second kappa shape index (κ2) is 3.04. The molecule has 0 amide bonds. The molecule has 2 aromatic rings. The topological polar surface area (TPSA) is 55.6 Å². The molecule has 0 radical (unpaired) electrons. The summed E-state index contributed by atoms with van der Waals surface area (Å²) in [6, 6.07) is 0. The van der Waals surface area contributed by atoms with Crippen LogP contribution in [0.4, 0.5) is 5.82 Å². The van der Waals surface area contributed by atoms with Crippen LogP contribution in [0.3, 0.4) is 0 Å². The molecule has 0 fully saturated rings. The Morgan fingerprint density at radius 3 is 3.00 bits per heavy atom.